The van der Waals surface area contributed by atoms with Crippen molar-refractivity contribution in [2.45, 2.75) is 18.0 Å². The average Bonchev–Trinajstić information content (AvgIpc) is 3.14. The van der Waals surface area contributed by atoms with Crippen LogP contribution < -0.4 is 5.32 Å². The highest BCUT2D eigenvalue weighted by Crippen LogP contribution is 2.56. The summed E-state index contributed by atoms with van der Waals surface area (Å²) in [5, 5.41) is 2.96. The van der Waals surface area contributed by atoms with E-state index in [2.05, 4.69) is 26.1 Å². The zero-order valence-corrected chi connectivity index (χ0v) is 14.4. The number of nitrogens with one attached hydrogen (secondary N) is 1. The Balaban J connectivity index is 1.94. The Morgan fingerprint density at radius 3 is 3.14 bits per heavy atom. The summed E-state index contributed by atoms with van der Waals surface area (Å²) in [4.78, 5) is 27.5. The van der Waals surface area contributed by atoms with Crippen molar-refractivity contribution in [3.05, 3.63) is 28.2 Å². The van der Waals surface area contributed by atoms with Gasteiger partial charge < -0.3 is 10.1 Å². The van der Waals surface area contributed by atoms with Crippen LogP contribution in [0.2, 0.25) is 0 Å². The Morgan fingerprint density at radius 1 is 1.55 bits per heavy atom. The van der Waals surface area contributed by atoms with Gasteiger partial charge in [0.25, 0.3) is 5.91 Å². The number of carbonyl (C=O) groups excluding carboxylic acids is 2. The van der Waals surface area contributed by atoms with Gasteiger partial charge in [-0.1, -0.05) is 15.9 Å². The minimum Gasteiger partial charge on any atom is -0.469 e. The molecule has 0 aromatic heterocycles. The van der Waals surface area contributed by atoms with E-state index in [4.69, 9.17) is 4.74 Å². The number of thioether (sulfide) groups is 1. The molecule has 2 fully saturated rings. The molecule has 1 spiro atoms. The van der Waals surface area contributed by atoms with Crippen LogP contribution in [0.5, 0.6) is 0 Å². The number of amides is 1. The largest absolute Gasteiger partial charge is 0.469 e. The molecule has 1 aromatic rings. The van der Waals surface area contributed by atoms with Gasteiger partial charge in [0, 0.05) is 33.4 Å². The molecule has 7 heteroatoms. The first-order valence-electron chi connectivity index (χ1n) is 7.13. The highest BCUT2D eigenvalue weighted by molar-refractivity contribution is 9.10. The highest BCUT2D eigenvalue weighted by atomic mass is 79.9. The lowest BCUT2D eigenvalue weighted by molar-refractivity contribution is -0.152. The number of esters is 1. The number of benzene rings is 1. The van der Waals surface area contributed by atoms with Crippen LogP contribution in [-0.2, 0) is 19.9 Å². The summed E-state index contributed by atoms with van der Waals surface area (Å²) in [6.07, 6.45) is 0.666. The van der Waals surface area contributed by atoms with Crippen molar-refractivity contribution in [2.75, 3.05) is 24.1 Å². The fraction of sp³-hybridized carbons (Fsp3) is 0.467. The summed E-state index contributed by atoms with van der Waals surface area (Å²) in [7, 11) is 1.39. The molecular formula is C15H15BrN2O3S. The van der Waals surface area contributed by atoms with E-state index in [1.165, 1.54) is 7.11 Å². The first kappa shape index (κ1) is 14.5. The maximum atomic E-state index is 13.0. The standard InChI is InChI=1S/C15H15BrN2O3S/c1-21-13(19)11-5-9-6-22-7-18(9)15(11)10-4-8(16)2-3-12(10)17-14(15)20/h2-4,9,11H,5-7H2,1H3,(H,17,20)/t9-,11?,15?/m0/s1. The van der Waals surface area contributed by atoms with Gasteiger partial charge in [0.2, 0.25) is 0 Å². The third-order valence-electron chi connectivity index (χ3n) is 4.92. The second-order valence-electron chi connectivity index (χ2n) is 5.85. The number of rotatable bonds is 1. The van der Waals surface area contributed by atoms with E-state index < -0.39 is 11.5 Å². The third-order valence-corrected chi connectivity index (χ3v) is 6.49. The van der Waals surface area contributed by atoms with Crippen molar-refractivity contribution >= 4 is 45.3 Å². The van der Waals surface area contributed by atoms with E-state index in [-0.39, 0.29) is 17.9 Å². The van der Waals surface area contributed by atoms with Crippen molar-refractivity contribution in [3.8, 4) is 0 Å². The molecule has 1 aromatic carbocycles. The second-order valence-corrected chi connectivity index (χ2v) is 7.76. The summed E-state index contributed by atoms with van der Waals surface area (Å²) < 4.78 is 5.92. The molecule has 1 N–H and O–H groups in total. The summed E-state index contributed by atoms with van der Waals surface area (Å²) in [5.41, 5.74) is 0.743. The number of methoxy groups -OCH3 is 1. The van der Waals surface area contributed by atoms with Crippen LogP contribution in [0, 0.1) is 5.92 Å². The fourth-order valence-electron chi connectivity index (χ4n) is 4.03. The van der Waals surface area contributed by atoms with Gasteiger partial charge in [-0.25, -0.2) is 0 Å². The topological polar surface area (TPSA) is 58.6 Å². The Morgan fingerprint density at radius 2 is 2.36 bits per heavy atom. The molecule has 3 aliphatic rings. The minimum atomic E-state index is -0.930. The lowest BCUT2D eigenvalue weighted by Gasteiger charge is -2.35. The molecule has 3 heterocycles. The molecule has 4 rings (SSSR count). The zero-order chi connectivity index (χ0) is 15.5. The number of fused-ring (bicyclic) bond motifs is 4. The smallest absolute Gasteiger partial charge is 0.311 e. The number of ether oxygens (including phenoxy) is 1. The molecule has 0 radical (unpaired) electrons. The minimum absolute atomic E-state index is 0.110. The van der Waals surface area contributed by atoms with E-state index in [9.17, 15) is 9.59 Å². The van der Waals surface area contributed by atoms with E-state index in [1.807, 2.05) is 30.0 Å². The van der Waals surface area contributed by atoms with Crippen molar-refractivity contribution in [1.29, 1.82) is 0 Å². The van der Waals surface area contributed by atoms with Crippen LogP contribution >= 0.6 is 27.7 Å². The maximum absolute atomic E-state index is 13.0. The van der Waals surface area contributed by atoms with Crippen LogP contribution in [-0.4, -0.2) is 41.6 Å². The quantitative estimate of drug-likeness (QED) is 0.754. The maximum Gasteiger partial charge on any atom is 0.311 e. The Hall–Kier alpha value is -1.05. The molecule has 1 amide bonds. The predicted molar refractivity (Wildman–Crippen MR) is 87.5 cm³/mol. The lowest BCUT2D eigenvalue weighted by atomic mass is 9.79. The molecule has 116 valence electrons. The van der Waals surface area contributed by atoms with Gasteiger partial charge in [0.15, 0.2) is 0 Å². The molecular weight excluding hydrogens is 368 g/mol. The van der Waals surface area contributed by atoms with Crippen LogP contribution in [0.3, 0.4) is 0 Å². The molecule has 2 saturated heterocycles. The number of anilines is 1. The van der Waals surface area contributed by atoms with Crippen molar-refractivity contribution in [3.63, 3.8) is 0 Å². The Kier molecular flexibility index (Phi) is 3.29. The molecule has 0 bridgehead atoms. The molecule has 3 atom stereocenters. The summed E-state index contributed by atoms with van der Waals surface area (Å²) in [5.74, 6) is 0.839. The van der Waals surface area contributed by atoms with Crippen LogP contribution in [0.4, 0.5) is 5.69 Å². The normalized spacial score (nSPS) is 32.9. The van der Waals surface area contributed by atoms with Gasteiger partial charge in [-0.2, -0.15) is 0 Å². The molecule has 3 aliphatic heterocycles. The van der Waals surface area contributed by atoms with Gasteiger partial charge >= 0.3 is 5.97 Å². The highest BCUT2D eigenvalue weighted by Gasteiger charge is 2.66. The first-order chi connectivity index (χ1) is 10.6. The number of hydrogen-bond acceptors (Lipinski definition) is 5. The number of hydrogen-bond donors (Lipinski definition) is 1. The Labute approximate surface area is 140 Å². The molecule has 5 nitrogen and oxygen atoms in total. The van der Waals surface area contributed by atoms with E-state index in [1.54, 1.807) is 0 Å². The van der Waals surface area contributed by atoms with Crippen molar-refractivity contribution in [1.82, 2.24) is 4.90 Å². The fourth-order valence-corrected chi connectivity index (χ4v) is 5.70. The third kappa shape index (κ3) is 1.70. The lowest BCUT2D eigenvalue weighted by Crippen LogP contribution is -2.52. The first-order valence-corrected chi connectivity index (χ1v) is 9.07. The Bertz CT molecular complexity index is 683. The summed E-state index contributed by atoms with van der Waals surface area (Å²) in [6, 6.07) is 5.98. The van der Waals surface area contributed by atoms with E-state index >= 15 is 0 Å². The second kappa shape index (κ2) is 4.97. The number of nitrogens with zero attached hydrogens (tertiary/aromatic N) is 1. The summed E-state index contributed by atoms with van der Waals surface area (Å²) in [6.45, 7) is 0. The molecule has 0 aliphatic carbocycles. The van der Waals surface area contributed by atoms with Gasteiger partial charge in [-0.3, -0.25) is 14.5 Å². The van der Waals surface area contributed by atoms with Gasteiger partial charge in [0.05, 0.1) is 13.0 Å². The number of halogens is 1. The molecule has 0 saturated carbocycles. The van der Waals surface area contributed by atoms with E-state index in [0.29, 0.717) is 6.42 Å². The molecule has 22 heavy (non-hydrogen) atoms. The van der Waals surface area contributed by atoms with Crippen molar-refractivity contribution in [2.24, 2.45) is 5.92 Å². The van der Waals surface area contributed by atoms with Crippen LogP contribution in [0.15, 0.2) is 22.7 Å². The zero-order valence-electron chi connectivity index (χ0n) is 12.0. The van der Waals surface area contributed by atoms with Crippen LogP contribution in [0.25, 0.3) is 0 Å². The number of carbonyl (C=O) groups is 2. The van der Waals surface area contributed by atoms with Gasteiger partial charge in [-0.15, -0.1) is 11.8 Å². The van der Waals surface area contributed by atoms with Crippen LogP contribution in [0.1, 0.15) is 12.0 Å². The molecule has 2 unspecified atom stereocenters. The van der Waals surface area contributed by atoms with Gasteiger partial charge in [-0.05, 0) is 24.6 Å². The van der Waals surface area contributed by atoms with Crippen molar-refractivity contribution < 1.29 is 14.3 Å². The van der Waals surface area contributed by atoms with E-state index in [0.717, 1.165) is 27.4 Å². The predicted octanol–water partition coefficient (Wildman–Crippen LogP) is 2.16. The average molecular weight is 383 g/mol. The van der Waals surface area contributed by atoms with Gasteiger partial charge in [0.1, 0.15) is 5.54 Å². The SMILES string of the molecule is COC(=O)C1C[C@H]2CSCN2C12C(=O)Nc1ccc(Br)cc12. The summed E-state index contributed by atoms with van der Waals surface area (Å²) >= 11 is 5.29. The monoisotopic (exact) mass is 382 g/mol.